The number of rotatable bonds is 15. The predicted octanol–water partition coefficient (Wildman–Crippen LogP) is 8.58. The van der Waals surface area contributed by atoms with Gasteiger partial charge in [-0.3, -0.25) is 0 Å². The van der Waals surface area contributed by atoms with E-state index in [2.05, 4.69) is 69.3 Å². The highest BCUT2D eigenvalue weighted by Crippen LogP contribution is 2.45. The summed E-state index contributed by atoms with van der Waals surface area (Å²) in [5, 5.41) is 3.08. The largest absolute Gasteiger partial charge is 0.0842 e. The molecule has 0 fully saturated rings. The third-order valence-corrected chi connectivity index (χ3v) is 7.65. The van der Waals surface area contributed by atoms with Gasteiger partial charge in [0.15, 0.2) is 0 Å². The minimum absolute atomic E-state index is 0.191. The molecule has 1 rings (SSSR count). The van der Waals surface area contributed by atoms with E-state index in [-0.39, 0.29) is 7.92 Å². The summed E-state index contributed by atoms with van der Waals surface area (Å²) < 4.78 is 0. The van der Waals surface area contributed by atoms with Crippen molar-refractivity contribution >= 4 is 13.2 Å². The zero-order valence-electron chi connectivity index (χ0n) is 17.6. The number of unbranched alkanes of at least 4 members (excludes halogenated alkanes) is 9. The quantitative estimate of drug-likeness (QED) is 0.164. The van der Waals surface area contributed by atoms with Crippen LogP contribution in [0.3, 0.4) is 0 Å². The summed E-state index contributed by atoms with van der Waals surface area (Å²) in [7, 11) is -0.191. The summed E-state index contributed by atoms with van der Waals surface area (Å²) in [6, 6.07) is 11.2. The molecule has 146 valence electrons. The average molecular weight is 373 g/mol. The van der Waals surface area contributed by atoms with E-state index < -0.39 is 0 Å². The molecule has 0 aromatic heterocycles. The maximum absolute atomic E-state index is 2.37. The van der Waals surface area contributed by atoms with Gasteiger partial charge in [0, 0.05) is 0 Å². The van der Waals surface area contributed by atoms with E-state index in [1.54, 1.807) is 5.31 Å². The first-order valence-electron chi connectivity index (χ1n) is 11.0. The van der Waals surface area contributed by atoms with Crippen LogP contribution in [0.4, 0.5) is 0 Å². The summed E-state index contributed by atoms with van der Waals surface area (Å²) in [6.45, 7) is 6.71. The molecule has 1 heteroatoms. The zero-order valence-corrected chi connectivity index (χ0v) is 18.4. The molecule has 0 radical (unpaired) electrons. The molecule has 0 heterocycles. The van der Waals surface area contributed by atoms with Crippen molar-refractivity contribution in [2.24, 2.45) is 0 Å². The van der Waals surface area contributed by atoms with Gasteiger partial charge in [0.2, 0.25) is 0 Å². The van der Waals surface area contributed by atoms with Crippen LogP contribution < -0.4 is 5.30 Å². The van der Waals surface area contributed by atoms with Crippen molar-refractivity contribution in [3.8, 4) is 0 Å². The molecule has 1 aromatic rings. The lowest BCUT2D eigenvalue weighted by Gasteiger charge is -2.19. The van der Waals surface area contributed by atoms with Crippen molar-refractivity contribution in [2.75, 3.05) is 6.16 Å². The van der Waals surface area contributed by atoms with Gasteiger partial charge in [-0.1, -0.05) is 120 Å². The van der Waals surface area contributed by atoms with Crippen molar-refractivity contribution in [2.45, 2.75) is 91.4 Å². The Morgan fingerprint density at radius 3 is 1.92 bits per heavy atom. The Morgan fingerprint density at radius 2 is 1.38 bits per heavy atom. The fourth-order valence-corrected chi connectivity index (χ4v) is 5.84. The maximum Gasteiger partial charge on any atom is -0.0195 e. The van der Waals surface area contributed by atoms with Gasteiger partial charge in [0.25, 0.3) is 0 Å². The normalized spacial score (nSPS) is 13.4. The van der Waals surface area contributed by atoms with Crippen LogP contribution in [0.5, 0.6) is 0 Å². The molecule has 0 spiro atoms. The number of allylic oxidation sites excluding steroid dienone is 4. The van der Waals surface area contributed by atoms with Gasteiger partial charge in [-0.05, 0) is 44.5 Å². The lowest BCUT2D eigenvalue weighted by molar-refractivity contribution is 0.563. The highest BCUT2D eigenvalue weighted by molar-refractivity contribution is 7.69. The molecule has 0 amide bonds. The van der Waals surface area contributed by atoms with Crippen LogP contribution in [0.25, 0.3) is 0 Å². The van der Waals surface area contributed by atoms with Crippen LogP contribution in [0.2, 0.25) is 0 Å². The van der Waals surface area contributed by atoms with E-state index in [0.717, 1.165) is 6.42 Å². The molecule has 0 N–H and O–H groups in total. The van der Waals surface area contributed by atoms with Crippen LogP contribution in [0.1, 0.15) is 91.4 Å². The third-order valence-electron chi connectivity index (χ3n) is 4.93. The third kappa shape index (κ3) is 10.3. The van der Waals surface area contributed by atoms with Gasteiger partial charge in [0.05, 0.1) is 0 Å². The highest BCUT2D eigenvalue weighted by atomic mass is 31.1. The first-order valence-corrected chi connectivity index (χ1v) is 12.5. The molecule has 0 aliphatic carbocycles. The molecule has 1 unspecified atom stereocenters. The second kappa shape index (κ2) is 16.3. The Bertz CT molecular complexity index is 486. The number of benzene rings is 1. The molecular formula is C25H41P. The molecule has 0 saturated heterocycles. The monoisotopic (exact) mass is 372 g/mol. The van der Waals surface area contributed by atoms with Gasteiger partial charge in [-0.15, -0.1) is 0 Å². The Labute approximate surface area is 164 Å². The van der Waals surface area contributed by atoms with Crippen LogP contribution in [0, 0.1) is 0 Å². The van der Waals surface area contributed by atoms with Gasteiger partial charge in [-0.2, -0.15) is 0 Å². The summed E-state index contributed by atoms with van der Waals surface area (Å²) in [6.07, 6.45) is 23.6. The first-order chi connectivity index (χ1) is 12.8. The highest BCUT2D eigenvalue weighted by Gasteiger charge is 2.13. The molecule has 0 bridgehead atoms. The summed E-state index contributed by atoms with van der Waals surface area (Å²) in [4.78, 5) is 0. The van der Waals surface area contributed by atoms with Crippen molar-refractivity contribution in [3.63, 3.8) is 0 Å². The fraction of sp³-hybridized carbons (Fsp3) is 0.600. The summed E-state index contributed by atoms with van der Waals surface area (Å²) in [5.41, 5.74) is 0. The molecule has 0 saturated carbocycles. The van der Waals surface area contributed by atoms with Crippen LogP contribution in [0.15, 0.2) is 53.9 Å². The van der Waals surface area contributed by atoms with Crippen molar-refractivity contribution in [1.29, 1.82) is 0 Å². The minimum Gasteiger partial charge on any atom is -0.0842 e. The SMILES string of the molecule is C/C=C(\C=C/CC)P(CCCCCCCCCCCC)c1ccccc1. The molecule has 0 aliphatic rings. The second-order valence-electron chi connectivity index (χ2n) is 7.19. The van der Waals surface area contributed by atoms with E-state index >= 15 is 0 Å². The molecule has 0 aliphatic heterocycles. The van der Waals surface area contributed by atoms with E-state index in [4.69, 9.17) is 0 Å². The Hall–Kier alpha value is -0.870. The van der Waals surface area contributed by atoms with E-state index in [1.165, 1.54) is 75.7 Å². The van der Waals surface area contributed by atoms with Crippen LogP contribution >= 0.6 is 7.92 Å². The molecule has 26 heavy (non-hydrogen) atoms. The molecule has 1 aromatic carbocycles. The van der Waals surface area contributed by atoms with Crippen molar-refractivity contribution in [3.05, 3.63) is 53.9 Å². The van der Waals surface area contributed by atoms with Gasteiger partial charge in [0.1, 0.15) is 0 Å². The van der Waals surface area contributed by atoms with Gasteiger partial charge >= 0.3 is 0 Å². The predicted molar refractivity (Wildman–Crippen MR) is 123 cm³/mol. The van der Waals surface area contributed by atoms with E-state index in [1.807, 2.05) is 0 Å². The fourth-order valence-electron chi connectivity index (χ4n) is 3.35. The lowest BCUT2D eigenvalue weighted by atomic mass is 10.1. The van der Waals surface area contributed by atoms with E-state index in [9.17, 15) is 0 Å². The van der Waals surface area contributed by atoms with Crippen LogP contribution in [-0.4, -0.2) is 6.16 Å². The summed E-state index contributed by atoms with van der Waals surface area (Å²) in [5.74, 6) is 0. The molecule has 0 nitrogen and oxygen atoms in total. The van der Waals surface area contributed by atoms with E-state index in [0.29, 0.717) is 0 Å². The minimum atomic E-state index is -0.191. The maximum atomic E-state index is 2.37. The van der Waals surface area contributed by atoms with Gasteiger partial charge < -0.3 is 0 Å². The smallest absolute Gasteiger partial charge is 0.0195 e. The summed E-state index contributed by atoms with van der Waals surface area (Å²) >= 11 is 0. The Morgan fingerprint density at radius 1 is 0.808 bits per heavy atom. The average Bonchev–Trinajstić information content (AvgIpc) is 2.68. The number of hydrogen-bond acceptors (Lipinski definition) is 0. The first kappa shape index (κ1) is 23.2. The standard InChI is InChI=1S/C25H41P/c1-4-7-9-10-11-12-13-14-15-19-23-26(24(6-3)20-8-5-2)25-21-17-16-18-22-25/h6,8,16-18,20-22H,4-5,7,9-15,19,23H2,1-3H3/b20-8-,24-6+. The lowest BCUT2D eigenvalue weighted by Crippen LogP contribution is -2.04. The van der Waals surface area contributed by atoms with Crippen molar-refractivity contribution < 1.29 is 0 Å². The van der Waals surface area contributed by atoms with Crippen molar-refractivity contribution in [1.82, 2.24) is 0 Å². The molecule has 1 atom stereocenters. The van der Waals surface area contributed by atoms with Crippen LogP contribution in [-0.2, 0) is 0 Å². The topological polar surface area (TPSA) is 0 Å². The zero-order chi connectivity index (χ0) is 18.9. The van der Waals surface area contributed by atoms with Gasteiger partial charge in [-0.25, -0.2) is 0 Å². The molecular weight excluding hydrogens is 331 g/mol. The number of hydrogen-bond donors (Lipinski definition) is 0. The Kier molecular flexibility index (Phi) is 14.5. The second-order valence-corrected chi connectivity index (χ2v) is 9.53. The Balaban J connectivity index is 2.37.